The van der Waals surface area contributed by atoms with Crippen LogP contribution < -0.4 is 10.6 Å². The van der Waals surface area contributed by atoms with E-state index in [2.05, 4.69) is 22.5 Å². The summed E-state index contributed by atoms with van der Waals surface area (Å²) in [4.78, 5) is 15.1. The molecule has 0 radical (unpaired) electrons. The van der Waals surface area contributed by atoms with Crippen LogP contribution in [0.4, 0.5) is 0 Å². The normalized spacial score (nSPS) is 26.5. The number of piperidine rings is 2. The van der Waals surface area contributed by atoms with Crippen LogP contribution in [-0.4, -0.2) is 63.3 Å². The van der Waals surface area contributed by atoms with Gasteiger partial charge in [0.2, 0.25) is 5.91 Å². The molecule has 1 atom stereocenters. The number of rotatable bonds is 6. The summed E-state index contributed by atoms with van der Waals surface area (Å²) >= 11 is 0. The largest absolute Gasteiger partial charge is 0.384 e. The van der Waals surface area contributed by atoms with E-state index >= 15 is 0 Å². The molecule has 5 heteroatoms. The average molecular weight is 297 g/mol. The van der Waals surface area contributed by atoms with Gasteiger partial charge in [-0.2, -0.15) is 0 Å². The number of likely N-dealkylation sites (tertiary alicyclic amines) is 1. The molecule has 21 heavy (non-hydrogen) atoms. The summed E-state index contributed by atoms with van der Waals surface area (Å²) in [6, 6.07) is 0.655. The van der Waals surface area contributed by atoms with Crippen molar-refractivity contribution in [2.45, 2.75) is 45.1 Å². The van der Waals surface area contributed by atoms with Crippen molar-refractivity contribution in [2.75, 3.05) is 46.4 Å². The first-order valence-corrected chi connectivity index (χ1v) is 8.40. The fraction of sp³-hybridized carbons (Fsp3) is 0.938. The standard InChI is InChI=1S/C16H31N3O2/c1-14-5-3-4-11-19(14)12-10-18-15(20)16(13-21-2)6-8-17-9-7-16/h14,17H,3-13H2,1-2H3,(H,18,20). The summed E-state index contributed by atoms with van der Waals surface area (Å²) in [5.41, 5.74) is -0.326. The van der Waals surface area contributed by atoms with Crippen LogP contribution in [0.5, 0.6) is 0 Å². The maximum Gasteiger partial charge on any atom is 0.228 e. The van der Waals surface area contributed by atoms with E-state index in [1.807, 2.05) is 0 Å². The Bertz CT molecular complexity index is 324. The van der Waals surface area contributed by atoms with Gasteiger partial charge in [0, 0.05) is 26.2 Å². The third-order valence-electron chi connectivity index (χ3n) is 5.09. The second kappa shape index (κ2) is 8.11. The third kappa shape index (κ3) is 4.41. The van der Waals surface area contributed by atoms with Gasteiger partial charge in [-0.25, -0.2) is 0 Å². The average Bonchev–Trinajstić information content (AvgIpc) is 2.50. The molecular weight excluding hydrogens is 266 g/mol. The number of carbonyl (C=O) groups is 1. The predicted molar refractivity (Wildman–Crippen MR) is 84.3 cm³/mol. The predicted octanol–water partition coefficient (Wildman–Crippen LogP) is 0.993. The van der Waals surface area contributed by atoms with Gasteiger partial charge < -0.3 is 15.4 Å². The summed E-state index contributed by atoms with van der Waals surface area (Å²) in [5.74, 6) is 0.176. The minimum atomic E-state index is -0.326. The van der Waals surface area contributed by atoms with Gasteiger partial charge in [-0.15, -0.1) is 0 Å². The van der Waals surface area contributed by atoms with E-state index in [1.165, 1.54) is 25.8 Å². The minimum absolute atomic E-state index is 0.176. The van der Waals surface area contributed by atoms with Gasteiger partial charge in [0.1, 0.15) is 0 Å². The van der Waals surface area contributed by atoms with Crippen LogP contribution in [0.15, 0.2) is 0 Å². The maximum absolute atomic E-state index is 12.6. The van der Waals surface area contributed by atoms with E-state index in [9.17, 15) is 4.79 Å². The summed E-state index contributed by atoms with van der Waals surface area (Å²) in [5, 5.41) is 6.48. The SMILES string of the molecule is COCC1(C(=O)NCCN2CCCCC2C)CCNCC1. The lowest BCUT2D eigenvalue weighted by atomic mass is 9.78. The molecule has 5 nitrogen and oxygen atoms in total. The number of nitrogens with one attached hydrogen (secondary N) is 2. The molecule has 0 aliphatic carbocycles. The molecule has 1 unspecified atom stereocenters. The molecule has 2 saturated heterocycles. The number of hydrogen-bond acceptors (Lipinski definition) is 4. The Kier molecular flexibility index (Phi) is 6.45. The molecule has 2 N–H and O–H groups in total. The van der Waals surface area contributed by atoms with Gasteiger partial charge in [0.15, 0.2) is 0 Å². The van der Waals surface area contributed by atoms with Crippen LogP contribution in [0.1, 0.15) is 39.0 Å². The van der Waals surface area contributed by atoms with Gasteiger partial charge in [0.25, 0.3) is 0 Å². The molecule has 0 aromatic carbocycles. The zero-order valence-corrected chi connectivity index (χ0v) is 13.6. The number of methoxy groups -OCH3 is 1. The first-order valence-electron chi connectivity index (χ1n) is 8.40. The van der Waals surface area contributed by atoms with Crippen molar-refractivity contribution in [3.05, 3.63) is 0 Å². The van der Waals surface area contributed by atoms with Crippen LogP contribution in [0.2, 0.25) is 0 Å². The van der Waals surface area contributed by atoms with E-state index in [4.69, 9.17) is 4.74 Å². The molecule has 0 spiro atoms. The zero-order chi connectivity index (χ0) is 15.1. The summed E-state index contributed by atoms with van der Waals surface area (Å²) in [7, 11) is 1.69. The molecular formula is C16H31N3O2. The van der Waals surface area contributed by atoms with Gasteiger partial charge in [-0.05, 0) is 52.2 Å². The third-order valence-corrected chi connectivity index (χ3v) is 5.09. The van der Waals surface area contributed by atoms with Gasteiger partial charge >= 0.3 is 0 Å². The maximum atomic E-state index is 12.6. The second-order valence-electron chi connectivity index (χ2n) is 6.60. The fourth-order valence-corrected chi connectivity index (χ4v) is 3.61. The van der Waals surface area contributed by atoms with Gasteiger partial charge in [0.05, 0.1) is 12.0 Å². The number of nitrogens with zero attached hydrogens (tertiary/aromatic N) is 1. The Hall–Kier alpha value is -0.650. The van der Waals surface area contributed by atoms with Crippen LogP contribution in [0.25, 0.3) is 0 Å². The van der Waals surface area contributed by atoms with E-state index in [-0.39, 0.29) is 11.3 Å². The molecule has 0 aromatic heterocycles. The van der Waals surface area contributed by atoms with E-state index < -0.39 is 0 Å². The lowest BCUT2D eigenvalue weighted by Gasteiger charge is -2.36. The first kappa shape index (κ1) is 16.7. The molecule has 122 valence electrons. The lowest BCUT2D eigenvalue weighted by molar-refractivity contribution is -0.136. The highest BCUT2D eigenvalue weighted by Gasteiger charge is 2.39. The second-order valence-corrected chi connectivity index (χ2v) is 6.60. The van der Waals surface area contributed by atoms with Crippen molar-refractivity contribution in [3.8, 4) is 0 Å². The number of hydrogen-bond donors (Lipinski definition) is 2. The Morgan fingerprint density at radius 1 is 1.38 bits per heavy atom. The smallest absolute Gasteiger partial charge is 0.228 e. The monoisotopic (exact) mass is 297 g/mol. The van der Waals surface area contributed by atoms with E-state index in [0.717, 1.165) is 39.0 Å². The van der Waals surface area contributed by atoms with Crippen molar-refractivity contribution in [1.29, 1.82) is 0 Å². The van der Waals surface area contributed by atoms with Gasteiger partial charge in [-0.1, -0.05) is 6.42 Å². The number of amides is 1. The van der Waals surface area contributed by atoms with Crippen molar-refractivity contribution >= 4 is 5.91 Å². The Balaban J connectivity index is 1.79. The molecule has 2 rings (SSSR count). The highest BCUT2D eigenvalue weighted by Crippen LogP contribution is 2.29. The molecule has 2 aliphatic rings. The van der Waals surface area contributed by atoms with Gasteiger partial charge in [-0.3, -0.25) is 9.69 Å². The lowest BCUT2D eigenvalue weighted by Crippen LogP contribution is -2.51. The van der Waals surface area contributed by atoms with Crippen LogP contribution in [0, 0.1) is 5.41 Å². The topological polar surface area (TPSA) is 53.6 Å². The van der Waals surface area contributed by atoms with Crippen molar-refractivity contribution in [1.82, 2.24) is 15.5 Å². The zero-order valence-electron chi connectivity index (χ0n) is 13.6. The molecule has 2 fully saturated rings. The first-order chi connectivity index (χ1) is 10.2. The highest BCUT2D eigenvalue weighted by molar-refractivity contribution is 5.83. The number of ether oxygens (including phenoxy) is 1. The molecule has 0 bridgehead atoms. The minimum Gasteiger partial charge on any atom is -0.384 e. The van der Waals surface area contributed by atoms with Crippen LogP contribution in [-0.2, 0) is 9.53 Å². The molecule has 0 aromatic rings. The molecule has 0 saturated carbocycles. The summed E-state index contributed by atoms with van der Waals surface area (Å²) in [6.07, 6.45) is 5.65. The van der Waals surface area contributed by atoms with Crippen molar-refractivity contribution in [2.24, 2.45) is 5.41 Å². The van der Waals surface area contributed by atoms with Crippen LogP contribution >= 0.6 is 0 Å². The van der Waals surface area contributed by atoms with Crippen molar-refractivity contribution in [3.63, 3.8) is 0 Å². The summed E-state index contributed by atoms with van der Waals surface area (Å²) < 4.78 is 5.32. The number of carbonyl (C=O) groups excluding carboxylic acids is 1. The highest BCUT2D eigenvalue weighted by atomic mass is 16.5. The Morgan fingerprint density at radius 3 is 2.81 bits per heavy atom. The van der Waals surface area contributed by atoms with E-state index in [0.29, 0.717) is 12.6 Å². The summed E-state index contributed by atoms with van der Waals surface area (Å²) in [6.45, 7) is 7.52. The Morgan fingerprint density at radius 2 is 2.14 bits per heavy atom. The van der Waals surface area contributed by atoms with Crippen molar-refractivity contribution < 1.29 is 9.53 Å². The fourth-order valence-electron chi connectivity index (χ4n) is 3.61. The molecule has 2 heterocycles. The Labute approximate surface area is 128 Å². The molecule has 2 aliphatic heterocycles. The molecule has 1 amide bonds. The van der Waals surface area contributed by atoms with Crippen LogP contribution in [0.3, 0.4) is 0 Å². The quantitative estimate of drug-likeness (QED) is 0.768. The van der Waals surface area contributed by atoms with E-state index in [1.54, 1.807) is 7.11 Å².